The number of benzene rings is 1. The zero-order valence-corrected chi connectivity index (χ0v) is 14.8. The van der Waals surface area contributed by atoms with Crippen molar-refractivity contribution >= 4 is 10.1 Å². The van der Waals surface area contributed by atoms with Gasteiger partial charge < -0.3 is 1.43 Å². The molecule has 0 aliphatic carbocycles. The van der Waals surface area contributed by atoms with Crippen LogP contribution in [0.4, 0.5) is 0 Å². The molecule has 3 nitrogen and oxygen atoms in total. The van der Waals surface area contributed by atoms with Crippen molar-refractivity contribution in [1.29, 1.82) is 0 Å². The molecule has 0 radical (unpaired) electrons. The average molecular weight is 294 g/mol. The second-order valence-corrected chi connectivity index (χ2v) is 5.97. The Kier molecular flexibility index (Phi) is 10.9. The van der Waals surface area contributed by atoms with Gasteiger partial charge in [-0.05, 0) is 18.6 Å². The molecule has 0 heterocycles. The van der Waals surface area contributed by atoms with E-state index in [1.54, 1.807) is 30.3 Å². The minimum absolute atomic E-state index is 0. The van der Waals surface area contributed by atoms with E-state index >= 15 is 0 Å². The molecule has 0 fully saturated rings. The zero-order valence-electron chi connectivity index (χ0n) is 13.0. The molecule has 1 aromatic carbocycles. The molecule has 0 aliphatic heterocycles. The van der Waals surface area contributed by atoms with Gasteiger partial charge in [-0.2, -0.15) is 8.42 Å². The standard InChI is InChI=1S/C14H22O3S.Na.H/c1-2-3-4-5-6-10-13-17-18(15,16)14-11-8-7-9-12-14;;/h7-9,11-12H,2-6,10,13H2,1H3;;/q;+1;-1. The molecule has 0 saturated carbocycles. The van der Waals surface area contributed by atoms with Crippen LogP contribution in [-0.4, -0.2) is 15.0 Å². The third-order valence-electron chi connectivity index (χ3n) is 2.77. The number of rotatable bonds is 9. The first-order chi connectivity index (χ1) is 8.67. The van der Waals surface area contributed by atoms with Crippen LogP contribution in [0.15, 0.2) is 35.2 Å². The van der Waals surface area contributed by atoms with E-state index < -0.39 is 10.1 Å². The zero-order chi connectivity index (χ0) is 13.3. The molecule has 0 aliphatic rings. The van der Waals surface area contributed by atoms with Gasteiger partial charge in [0, 0.05) is 0 Å². The van der Waals surface area contributed by atoms with Gasteiger partial charge in [0.15, 0.2) is 0 Å². The Morgan fingerprint density at radius 2 is 1.58 bits per heavy atom. The molecular formula is C14H23NaO3S. The van der Waals surface area contributed by atoms with Crippen molar-refractivity contribution < 1.29 is 43.6 Å². The second kappa shape index (κ2) is 10.9. The Hall–Kier alpha value is 0.130. The van der Waals surface area contributed by atoms with Crippen molar-refractivity contribution in [2.45, 2.75) is 50.3 Å². The number of hydrogen-bond donors (Lipinski definition) is 0. The fourth-order valence-electron chi connectivity index (χ4n) is 1.71. The summed E-state index contributed by atoms with van der Waals surface area (Å²) in [5, 5.41) is 0. The molecular weight excluding hydrogens is 271 g/mol. The van der Waals surface area contributed by atoms with E-state index in [4.69, 9.17) is 4.18 Å². The summed E-state index contributed by atoms with van der Waals surface area (Å²) in [7, 11) is -3.56. The van der Waals surface area contributed by atoms with Crippen molar-refractivity contribution in [2.24, 2.45) is 0 Å². The Balaban J connectivity index is 0. The Morgan fingerprint density at radius 3 is 2.21 bits per heavy atom. The molecule has 19 heavy (non-hydrogen) atoms. The maximum absolute atomic E-state index is 11.7. The Bertz CT molecular complexity index is 423. The Labute approximate surface area is 140 Å². The SMILES string of the molecule is CCCCCCCCOS(=O)(=O)c1ccccc1.[H-].[Na+]. The molecule has 0 saturated heterocycles. The first kappa shape index (κ1) is 19.1. The molecule has 0 spiro atoms. The maximum atomic E-state index is 11.7. The monoisotopic (exact) mass is 294 g/mol. The predicted octanol–water partition coefficient (Wildman–Crippen LogP) is 0.869. The van der Waals surface area contributed by atoms with Gasteiger partial charge in [-0.3, -0.25) is 4.18 Å². The average Bonchev–Trinajstić information content (AvgIpc) is 2.39. The van der Waals surface area contributed by atoms with Crippen LogP contribution in [0.1, 0.15) is 46.9 Å². The fourth-order valence-corrected chi connectivity index (χ4v) is 2.67. The van der Waals surface area contributed by atoms with Gasteiger partial charge >= 0.3 is 29.6 Å². The minimum atomic E-state index is -3.56. The summed E-state index contributed by atoms with van der Waals surface area (Å²) in [6.07, 6.45) is 6.69. The molecule has 0 aromatic heterocycles. The van der Waals surface area contributed by atoms with Crippen molar-refractivity contribution in [1.82, 2.24) is 0 Å². The van der Waals surface area contributed by atoms with Crippen molar-refractivity contribution in [2.75, 3.05) is 6.61 Å². The number of unbranched alkanes of at least 4 members (excludes halogenated alkanes) is 5. The van der Waals surface area contributed by atoms with Crippen molar-refractivity contribution in [3.8, 4) is 0 Å². The largest absolute Gasteiger partial charge is 1.00 e. The van der Waals surface area contributed by atoms with Crippen molar-refractivity contribution in [3.05, 3.63) is 30.3 Å². The minimum Gasteiger partial charge on any atom is -1.00 e. The van der Waals surface area contributed by atoms with Gasteiger partial charge in [0.05, 0.1) is 11.5 Å². The van der Waals surface area contributed by atoms with Gasteiger partial charge in [0.25, 0.3) is 10.1 Å². The van der Waals surface area contributed by atoms with E-state index in [1.807, 2.05) is 0 Å². The summed E-state index contributed by atoms with van der Waals surface area (Å²) in [5.74, 6) is 0. The van der Waals surface area contributed by atoms with Crippen LogP contribution >= 0.6 is 0 Å². The van der Waals surface area contributed by atoms with Crippen LogP contribution in [0.5, 0.6) is 0 Å². The molecule has 0 atom stereocenters. The molecule has 0 bridgehead atoms. The quantitative estimate of drug-likeness (QED) is 0.386. The third-order valence-corrected chi connectivity index (χ3v) is 4.09. The first-order valence-electron chi connectivity index (χ1n) is 6.61. The molecule has 1 aromatic rings. The fraction of sp³-hybridized carbons (Fsp3) is 0.571. The summed E-state index contributed by atoms with van der Waals surface area (Å²) in [5.41, 5.74) is 0. The van der Waals surface area contributed by atoms with E-state index in [9.17, 15) is 8.42 Å². The molecule has 5 heteroatoms. The molecule has 104 valence electrons. The normalized spacial score (nSPS) is 11.0. The number of hydrogen-bond acceptors (Lipinski definition) is 3. The van der Waals surface area contributed by atoms with Crippen LogP contribution in [0.25, 0.3) is 0 Å². The predicted molar refractivity (Wildman–Crippen MR) is 74.1 cm³/mol. The second-order valence-electron chi connectivity index (χ2n) is 4.36. The van der Waals surface area contributed by atoms with E-state index in [2.05, 4.69) is 6.92 Å². The molecule has 0 amide bonds. The maximum Gasteiger partial charge on any atom is 1.00 e. The first-order valence-corrected chi connectivity index (χ1v) is 8.02. The molecule has 0 unspecified atom stereocenters. The summed E-state index contributed by atoms with van der Waals surface area (Å²) in [4.78, 5) is 0.232. The summed E-state index contributed by atoms with van der Waals surface area (Å²) in [6, 6.07) is 8.28. The Morgan fingerprint density at radius 1 is 1.00 bits per heavy atom. The van der Waals surface area contributed by atoms with E-state index in [0.29, 0.717) is 0 Å². The summed E-state index contributed by atoms with van der Waals surface area (Å²) < 4.78 is 28.5. The van der Waals surface area contributed by atoms with Crippen molar-refractivity contribution in [3.63, 3.8) is 0 Å². The van der Waals surface area contributed by atoms with Gasteiger partial charge in [0.1, 0.15) is 0 Å². The molecule has 1 rings (SSSR count). The van der Waals surface area contributed by atoms with Gasteiger partial charge in [0.2, 0.25) is 0 Å². The topological polar surface area (TPSA) is 43.4 Å². The van der Waals surface area contributed by atoms with Gasteiger partial charge in [-0.1, -0.05) is 57.2 Å². The van der Waals surface area contributed by atoms with Crippen LogP contribution in [0, 0.1) is 0 Å². The summed E-state index contributed by atoms with van der Waals surface area (Å²) in [6.45, 7) is 2.46. The van der Waals surface area contributed by atoms with E-state index in [-0.39, 0.29) is 42.5 Å². The van der Waals surface area contributed by atoms with E-state index in [1.165, 1.54) is 19.3 Å². The van der Waals surface area contributed by atoms with Crippen LogP contribution in [0.3, 0.4) is 0 Å². The van der Waals surface area contributed by atoms with Crippen LogP contribution in [0.2, 0.25) is 0 Å². The third kappa shape index (κ3) is 8.10. The summed E-state index contributed by atoms with van der Waals surface area (Å²) >= 11 is 0. The smallest absolute Gasteiger partial charge is 1.00 e. The van der Waals surface area contributed by atoms with Gasteiger partial charge in [-0.15, -0.1) is 0 Å². The molecule has 0 N–H and O–H groups in total. The van der Waals surface area contributed by atoms with Crippen LogP contribution in [-0.2, 0) is 14.3 Å². The van der Waals surface area contributed by atoms with Gasteiger partial charge in [-0.25, -0.2) is 0 Å². The van der Waals surface area contributed by atoms with E-state index in [0.717, 1.165) is 19.3 Å². The van der Waals surface area contributed by atoms with Crippen LogP contribution < -0.4 is 29.6 Å².